The first-order valence-electron chi connectivity index (χ1n) is 11.9. The molecule has 0 aliphatic heterocycles. The Morgan fingerprint density at radius 1 is 0.714 bits per heavy atom. The Morgan fingerprint density at radius 2 is 1.17 bits per heavy atom. The van der Waals surface area contributed by atoms with Crippen molar-refractivity contribution in [2.45, 2.75) is 13.1 Å². The van der Waals surface area contributed by atoms with Gasteiger partial charge in [0, 0.05) is 34.4 Å². The largest absolute Gasteiger partial charge is 0.423 e. The molecule has 0 saturated heterocycles. The minimum atomic E-state index is -4.82. The molecule has 42 heavy (non-hydrogen) atoms. The third kappa shape index (κ3) is 8.60. The van der Waals surface area contributed by atoms with E-state index < -0.39 is 35.2 Å². The van der Waals surface area contributed by atoms with Gasteiger partial charge in [-0.1, -0.05) is 43.4 Å². The fraction of sp³-hybridized carbons (Fsp3) is 0.0606. The molecular weight excluding hydrogens is 549 g/mol. The molecule has 0 unspecified atom stereocenters. The summed E-state index contributed by atoms with van der Waals surface area (Å²) in [6.07, 6.45) is -2.85. The monoisotopic (exact) mass is 570 g/mol. The lowest BCUT2D eigenvalue weighted by molar-refractivity contribution is -0.137. The molecule has 0 heterocycles. The number of rotatable bonds is 6. The topological polar surface area (TPSA) is 78.9 Å². The van der Waals surface area contributed by atoms with Crippen molar-refractivity contribution in [2.24, 2.45) is 0 Å². The number of esters is 3. The first-order chi connectivity index (χ1) is 19.9. The van der Waals surface area contributed by atoms with Crippen LogP contribution in [0.5, 0.6) is 17.2 Å². The molecule has 0 aromatic heterocycles. The molecule has 0 amide bonds. The van der Waals surface area contributed by atoms with Crippen LogP contribution in [-0.2, 0) is 20.6 Å². The van der Waals surface area contributed by atoms with Gasteiger partial charge in [0.1, 0.15) is 17.2 Å². The van der Waals surface area contributed by atoms with Crippen molar-refractivity contribution >= 4 is 17.9 Å². The summed E-state index contributed by atoms with van der Waals surface area (Å²) < 4.78 is 57.5. The molecule has 3 rings (SSSR count). The van der Waals surface area contributed by atoms with Crippen molar-refractivity contribution < 1.29 is 41.8 Å². The summed E-state index contributed by atoms with van der Waals surface area (Å²) in [5.74, 6) is 8.38. The van der Waals surface area contributed by atoms with E-state index in [1.807, 2.05) is 0 Å². The molecule has 0 radical (unpaired) electrons. The Balaban J connectivity index is 2.05. The highest BCUT2D eigenvalue weighted by Crippen LogP contribution is 2.36. The highest BCUT2D eigenvalue weighted by atomic mass is 19.4. The molecule has 0 spiro atoms. The van der Waals surface area contributed by atoms with E-state index >= 15 is 0 Å². The molecule has 0 atom stereocenters. The second-order valence-corrected chi connectivity index (χ2v) is 8.36. The standard InChI is InChI=1S/C33H21F3O6/c1-5-30(37)40-26-15-9-22(10-16-26)7-13-24-20-29(42-32(39)21(3)4)25(19-28(24)33(34,35)36)14-8-23-11-17-27(18-12-23)41-31(38)6-2/h5-6,9-12,15-20H,1-3H2,4H3. The number of hydrogen-bond donors (Lipinski definition) is 0. The van der Waals surface area contributed by atoms with Gasteiger partial charge in [0.05, 0.1) is 11.1 Å². The average Bonchev–Trinajstić information content (AvgIpc) is 2.96. The van der Waals surface area contributed by atoms with E-state index in [0.29, 0.717) is 11.1 Å². The molecule has 0 N–H and O–H groups in total. The molecule has 0 aliphatic carbocycles. The average molecular weight is 571 g/mol. The van der Waals surface area contributed by atoms with E-state index in [1.54, 1.807) is 0 Å². The van der Waals surface area contributed by atoms with Gasteiger partial charge in [-0.25, -0.2) is 14.4 Å². The smallest absolute Gasteiger partial charge is 0.417 e. The normalized spacial score (nSPS) is 10.1. The van der Waals surface area contributed by atoms with Crippen molar-refractivity contribution in [2.75, 3.05) is 0 Å². The maximum atomic E-state index is 14.1. The molecule has 210 valence electrons. The van der Waals surface area contributed by atoms with Crippen LogP contribution >= 0.6 is 0 Å². The molecule has 0 saturated carbocycles. The van der Waals surface area contributed by atoms with Gasteiger partial charge in [-0.2, -0.15) is 13.2 Å². The van der Waals surface area contributed by atoms with Crippen molar-refractivity contribution in [3.63, 3.8) is 0 Å². The van der Waals surface area contributed by atoms with Crippen molar-refractivity contribution in [1.82, 2.24) is 0 Å². The van der Waals surface area contributed by atoms with E-state index in [2.05, 4.69) is 43.4 Å². The zero-order valence-corrected chi connectivity index (χ0v) is 22.1. The van der Waals surface area contributed by atoms with Gasteiger partial charge >= 0.3 is 24.1 Å². The van der Waals surface area contributed by atoms with Gasteiger partial charge in [0.15, 0.2) is 0 Å². The van der Waals surface area contributed by atoms with Crippen LogP contribution in [0.1, 0.15) is 34.7 Å². The highest BCUT2D eigenvalue weighted by molar-refractivity contribution is 5.89. The zero-order chi connectivity index (χ0) is 30.9. The van der Waals surface area contributed by atoms with E-state index in [9.17, 15) is 27.6 Å². The number of alkyl halides is 3. The quantitative estimate of drug-likeness (QED) is 0.153. The van der Waals surface area contributed by atoms with Crippen LogP contribution in [-0.4, -0.2) is 17.9 Å². The SMILES string of the molecule is C=CC(=O)Oc1ccc(C#Cc2cc(C(F)(F)F)c(C#Cc3ccc(OC(=O)C=C)cc3)cc2OC(=O)C(=C)C)cc1. The summed E-state index contributed by atoms with van der Waals surface area (Å²) >= 11 is 0. The van der Waals surface area contributed by atoms with E-state index in [1.165, 1.54) is 55.5 Å². The predicted octanol–water partition coefficient (Wildman–Crippen LogP) is 6.17. The fourth-order valence-electron chi connectivity index (χ4n) is 3.09. The van der Waals surface area contributed by atoms with Crippen molar-refractivity contribution in [3.05, 3.63) is 126 Å². The Bertz CT molecular complexity index is 1690. The first kappa shape index (κ1) is 30.7. The molecule has 3 aromatic carbocycles. The predicted molar refractivity (Wildman–Crippen MR) is 148 cm³/mol. The van der Waals surface area contributed by atoms with Gasteiger partial charge in [-0.05, 0) is 67.6 Å². The lowest BCUT2D eigenvalue weighted by atomic mass is 10.0. The molecule has 0 fully saturated rings. The lowest BCUT2D eigenvalue weighted by Crippen LogP contribution is -2.12. The Kier molecular flexibility index (Phi) is 9.89. The van der Waals surface area contributed by atoms with Crippen LogP contribution in [0.2, 0.25) is 0 Å². The van der Waals surface area contributed by atoms with Crippen LogP contribution < -0.4 is 14.2 Å². The van der Waals surface area contributed by atoms with Crippen LogP contribution in [0.3, 0.4) is 0 Å². The van der Waals surface area contributed by atoms with Gasteiger partial charge in [-0.15, -0.1) is 0 Å². The summed E-state index contributed by atoms with van der Waals surface area (Å²) in [7, 11) is 0. The minimum absolute atomic E-state index is 0.0170. The molecule has 3 aromatic rings. The third-order valence-corrected chi connectivity index (χ3v) is 5.14. The maximum absolute atomic E-state index is 14.1. The molecule has 0 aliphatic rings. The van der Waals surface area contributed by atoms with E-state index in [4.69, 9.17) is 14.2 Å². The summed E-state index contributed by atoms with van der Waals surface area (Å²) in [6, 6.07) is 13.4. The zero-order valence-electron chi connectivity index (χ0n) is 22.1. The van der Waals surface area contributed by atoms with E-state index in [0.717, 1.165) is 24.3 Å². The Labute approximate surface area is 239 Å². The lowest BCUT2D eigenvalue weighted by Gasteiger charge is -2.13. The van der Waals surface area contributed by atoms with Crippen LogP contribution in [0.15, 0.2) is 98.1 Å². The van der Waals surface area contributed by atoms with Gasteiger partial charge in [-0.3, -0.25) is 0 Å². The van der Waals surface area contributed by atoms with Gasteiger partial charge in [0.2, 0.25) is 0 Å². The molecule has 6 nitrogen and oxygen atoms in total. The summed E-state index contributed by atoms with van der Waals surface area (Å²) in [5, 5.41) is 0. The van der Waals surface area contributed by atoms with Crippen LogP contribution in [0, 0.1) is 23.7 Å². The summed E-state index contributed by atoms with van der Waals surface area (Å²) in [4.78, 5) is 34.9. The third-order valence-electron chi connectivity index (χ3n) is 5.14. The highest BCUT2D eigenvalue weighted by Gasteiger charge is 2.34. The molecule has 9 heteroatoms. The number of carbonyl (C=O) groups excluding carboxylic acids is 3. The Morgan fingerprint density at radius 3 is 1.57 bits per heavy atom. The molecule has 0 bridgehead atoms. The Hall–Kier alpha value is -5.80. The molecular formula is C33H21F3O6. The number of benzene rings is 3. The van der Waals surface area contributed by atoms with Crippen LogP contribution in [0.25, 0.3) is 0 Å². The number of halogens is 3. The minimum Gasteiger partial charge on any atom is -0.423 e. The van der Waals surface area contributed by atoms with Gasteiger partial charge in [0.25, 0.3) is 0 Å². The number of ether oxygens (including phenoxy) is 3. The second kappa shape index (κ2) is 13.5. The van der Waals surface area contributed by atoms with Crippen LogP contribution in [0.4, 0.5) is 13.2 Å². The maximum Gasteiger partial charge on any atom is 0.417 e. The summed E-state index contributed by atoms with van der Waals surface area (Å²) in [5.41, 5.74) is -1.06. The second-order valence-electron chi connectivity index (χ2n) is 8.36. The fourth-order valence-corrected chi connectivity index (χ4v) is 3.09. The first-order valence-corrected chi connectivity index (χ1v) is 11.9. The van der Waals surface area contributed by atoms with Gasteiger partial charge < -0.3 is 14.2 Å². The van der Waals surface area contributed by atoms with E-state index in [-0.39, 0.29) is 28.4 Å². The number of hydrogen-bond acceptors (Lipinski definition) is 6. The van der Waals surface area contributed by atoms with Crippen molar-refractivity contribution in [3.8, 4) is 40.9 Å². The number of carbonyl (C=O) groups is 3. The van der Waals surface area contributed by atoms with Crippen molar-refractivity contribution in [1.29, 1.82) is 0 Å². The summed E-state index contributed by atoms with van der Waals surface area (Å²) in [6.45, 7) is 11.5.